The van der Waals surface area contributed by atoms with Gasteiger partial charge in [-0.15, -0.1) is 0 Å². The SMILES string of the molecule is CC(C)CCOc1ccc(C(=O)CCN2CCOCC2)cc1. The van der Waals surface area contributed by atoms with E-state index in [4.69, 9.17) is 9.47 Å². The zero-order valence-electron chi connectivity index (χ0n) is 13.7. The van der Waals surface area contributed by atoms with Gasteiger partial charge in [0, 0.05) is 31.6 Å². The summed E-state index contributed by atoms with van der Waals surface area (Å²) < 4.78 is 11.0. The fourth-order valence-electron chi connectivity index (χ4n) is 2.38. The standard InChI is InChI=1S/C18H27NO3/c1-15(2)8-12-22-17-5-3-16(4-6-17)18(20)7-9-19-10-13-21-14-11-19/h3-6,15H,7-14H2,1-2H3. The van der Waals surface area contributed by atoms with E-state index in [1.807, 2.05) is 24.3 Å². The third-order valence-electron chi connectivity index (χ3n) is 3.90. The zero-order chi connectivity index (χ0) is 15.8. The first-order valence-electron chi connectivity index (χ1n) is 8.21. The van der Waals surface area contributed by atoms with Crippen molar-refractivity contribution < 1.29 is 14.3 Å². The minimum Gasteiger partial charge on any atom is -0.494 e. The van der Waals surface area contributed by atoms with Gasteiger partial charge < -0.3 is 9.47 Å². The summed E-state index contributed by atoms with van der Waals surface area (Å²) in [5, 5.41) is 0. The second kappa shape index (κ2) is 8.91. The van der Waals surface area contributed by atoms with Crippen molar-refractivity contribution in [3.05, 3.63) is 29.8 Å². The van der Waals surface area contributed by atoms with Gasteiger partial charge in [0.25, 0.3) is 0 Å². The third kappa shape index (κ3) is 5.78. The Bertz CT molecular complexity index is 450. The third-order valence-corrected chi connectivity index (χ3v) is 3.90. The molecule has 4 nitrogen and oxygen atoms in total. The van der Waals surface area contributed by atoms with Crippen LogP contribution in [0.25, 0.3) is 0 Å². The summed E-state index contributed by atoms with van der Waals surface area (Å²) in [6.45, 7) is 9.30. The Balaban J connectivity index is 1.75. The van der Waals surface area contributed by atoms with Crippen molar-refractivity contribution in [3.8, 4) is 5.75 Å². The van der Waals surface area contributed by atoms with E-state index in [-0.39, 0.29) is 5.78 Å². The van der Waals surface area contributed by atoms with Crippen molar-refractivity contribution in [2.75, 3.05) is 39.5 Å². The molecule has 0 bridgehead atoms. The normalized spacial score (nSPS) is 16.0. The van der Waals surface area contributed by atoms with E-state index in [2.05, 4.69) is 18.7 Å². The maximum absolute atomic E-state index is 12.2. The van der Waals surface area contributed by atoms with E-state index in [0.717, 1.165) is 57.2 Å². The molecule has 0 spiro atoms. The van der Waals surface area contributed by atoms with Crippen LogP contribution in [0.2, 0.25) is 0 Å². The van der Waals surface area contributed by atoms with E-state index in [1.54, 1.807) is 0 Å². The Morgan fingerprint density at radius 1 is 1.23 bits per heavy atom. The Labute approximate surface area is 133 Å². The number of nitrogens with zero attached hydrogens (tertiary/aromatic N) is 1. The van der Waals surface area contributed by atoms with E-state index < -0.39 is 0 Å². The first kappa shape index (κ1) is 17.0. The average molecular weight is 305 g/mol. The molecule has 0 atom stereocenters. The highest BCUT2D eigenvalue weighted by Gasteiger charge is 2.13. The number of benzene rings is 1. The summed E-state index contributed by atoms with van der Waals surface area (Å²) in [5.41, 5.74) is 0.768. The molecule has 0 saturated carbocycles. The number of Topliss-reactive ketones (excluding diaryl/α,β-unsaturated/α-hetero) is 1. The molecule has 122 valence electrons. The van der Waals surface area contributed by atoms with Gasteiger partial charge in [0.05, 0.1) is 19.8 Å². The van der Waals surface area contributed by atoms with Crippen molar-refractivity contribution in [2.24, 2.45) is 5.92 Å². The molecule has 0 N–H and O–H groups in total. The van der Waals surface area contributed by atoms with E-state index in [9.17, 15) is 4.79 Å². The molecule has 0 aliphatic carbocycles. The number of morpholine rings is 1. The van der Waals surface area contributed by atoms with Crippen LogP contribution < -0.4 is 4.74 Å². The van der Waals surface area contributed by atoms with Gasteiger partial charge in [0.15, 0.2) is 5.78 Å². The fraction of sp³-hybridized carbons (Fsp3) is 0.611. The lowest BCUT2D eigenvalue weighted by atomic mass is 10.1. The molecule has 1 aliphatic rings. The predicted molar refractivity (Wildman–Crippen MR) is 87.6 cm³/mol. The van der Waals surface area contributed by atoms with Crippen LogP contribution >= 0.6 is 0 Å². The summed E-state index contributed by atoms with van der Waals surface area (Å²) in [6.07, 6.45) is 1.60. The highest BCUT2D eigenvalue weighted by molar-refractivity contribution is 5.96. The van der Waals surface area contributed by atoms with Crippen LogP contribution in [0.5, 0.6) is 5.75 Å². The molecule has 1 aromatic carbocycles. The molecular formula is C18H27NO3. The number of ketones is 1. The van der Waals surface area contributed by atoms with Crippen molar-refractivity contribution in [1.82, 2.24) is 4.90 Å². The van der Waals surface area contributed by atoms with E-state index in [1.165, 1.54) is 0 Å². The molecule has 1 saturated heterocycles. The summed E-state index contributed by atoms with van der Waals surface area (Å²) in [4.78, 5) is 14.5. The molecule has 2 rings (SSSR count). The second-order valence-corrected chi connectivity index (χ2v) is 6.18. The minimum atomic E-state index is 0.195. The first-order chi connectivity index (χ1) is 10.6. The number of rotatable bonds is 8. The molecule has 4 heteroatoms. The van der Waals surface area contributed by atoms with Gasteiger partial charge in [-0.2, -0.15) is 0 Å². The molecular weight excluding hydrogens is 278 g/mol. The lowest BCUT2D eigenvalue weighted by Gasteiger charge is -2.26. The molecule has 0 unspecified atom stereocenters. The number of hydrogen-bond donors (Lipinski definition) is 0. The van der Waals surface area contributed by atoms with E-state index >= 15 is 0 Å². The molecule has 0 aromatic heterocycles. The maximum atomic E-state index is 12.2. The van der Waals surface area contributed by atoms with Crippen molar-refractivity contribution in [2.45, 2.75) is 26.7 Å². The van der Waals surface area contributed by atoms with Crippen molar-refractivity contribution in [1.29, 1.82) is 0 Å². The molecule has 0 amide bonds. The quantitative estimate of drug-likeness (QED) is 0.692. The molecule has 0 radical (unpaired) electrons. The second-order valence-electron chi connectivity index (χ2n) is 6.18. The number of carbonyl (C=O) groups excluding carboxylic acids is 1. The lowest BCUT2D eigenvalue weighted by molar-refractivity contribution is 0.0370. The van der Waals surface area contributed by atoms with Gasteiger partial charge >= 0.3 is 0 Å². The van der Waals surface area contributed by atoms with Crippen LogP contribution in [0.3, 0.4) is 0 Å². The van der Waals surface area contributed by atoms with Crippen molar-refractivity contribution in [3.63, 3.8) is 0 Å². The van der Waals surface area contributed by atoms with Gasteiger partial charge in [0.2, 0.25) is 0 Å². The molecule has 1 fully saturated rings. The van der Waals surface area contributed by atoms with Crippen molar-refractivity contribution >= 4 is 5.78 Å². The van der Waals surface area contributed by atoms with Crippen LogP contribution in [0, 0.1) is 5.92 Å². The Morgan fingerprint density at radius 2 is 1.91 bits per heavy atom. The minimum absolute atomic E-state index is 0.195. The van der Waals surface area contributed by atoms with Crippen LogP contribution in [-0.4, -0.2) is 50.1 Å². The first-order valence-corrected chi connectivity index (χ1v) is 8.21. The van der Waals surface area contributed by atoms with Gasteiger partial charge in [-0.3, -0.25) is 9.69 Å². The van der Waals surface area contributed by atoms with Crippen LogP contribution in [0.4, 0.5) is 0 Å². The van der Waals surface area contributed by atoms with Gasteiger partial charge in [-0.05, 0) is 36.6 Å². The van der Waals surface area contributed by atoms with Crippen LogP contribution in [0.1, 0.15) is 37.0 Å². The average Bonchev–Trinajstić information content (AvgIpc) is 2.54. The largest absolute Gasteiger partial charge is 0.494 e. The van der Waals surface area contributed by atoms with Gasteiger partial charge in [0.1, 0.15) is 5.75 Å². The topological polar surface area (TPSA) is 38.8 Å². The lowest BCUT2D eigenvalue weighted by Crippen LogP contribution is -2.37. The molecule has 1 aliphatic heterocycles. The van der Waals surface area contributed by atoms with Gasteiger partial charge in [-0.1, -0.05) is 13.8 Å². The monoisotopic (exact) mass is 305 g/mol. The highest BCUT2D eigenvalue weighted by Crippen LogP contribution is 2.15. The maximum Gasteiger partial charge on any atom is 0.164 e. The van der Waals surface area contributed by atoms with Crippen LogP contribution in [0.15, 0.2) is 24.3 Å². The summed E-state index contributed by atoms with van der Waals surface area (Å²) >= 11 is 0. The predicted octanol–water partition coefficient (Wildman–Crippen LogP) is 3.02. The fourth-order valence-corrected chi connectivity index (χ4v) is 2.38. The Kier molecular flexibility index (Phi) is 6.87. The molecule has 1 heterocycles. The van der Waals surface area contributed by atoms with Gasteiger partial charge in [-0.25, -0.2) is 0 Å². The zero-order valence-corrected chi connectivity index (χ0v) is 13.7. The summed E-state index contributed by atoms with van der Waals surface area (Å²) in [7, 11) is 0. The molecule has 1 aromatic rings. The highest BCUT2D eigenvalue weighted by atomic mass is 16.5. The number of carbonyl (C=O) groups is 1. The van der Waals surface area contributed by atoms with E-state index in [0.29, 0.717) is 12.3 Å². The Morgan fingerprint density at radius 3 is 2.55 bits per heavy atom. The summed E-state index contributed by atoms with van der Waals surface area (Å²) in [6, 6.07) is 7.52. The molecule has 22 heavy (non-hydrogen) atoms. The summed E-state index contributed by atoms with van der Waals surface area (Å²) in [5.74, 6) is 1.67. The Hall–Kier alpha value is -1.39. The smallest absolute Gasteiger partial charge is 0.164 e. The number of hydrogen-bond acceptors (Lipinski definition) is 4. The van der Waals surface area contributed by atoms with Crippen LogP contribution in [-0.2, 0) is 4.74 Å². The number of ether oxygens (including phenoxy) is 2.